The van der Waals surface area contributed by atoms with Gasteiger partial charge in [-0.2, -0.15) is 0 Å². The van der Waals surface area contributed by atoms with Gasteiger partial charge in [0.1, 0.15) is 12.4 Å². The number of aliphatic hydroxyl groups is 1. The summed E-state index contributed by atoms with van der Waals surface area (Å²) in [5.41, 5.74) is -0.650. The van der Waals surface area contributed by atoms with Gasteiger partial charge in [-0.15, -0.1) is 13.2 Å². The summed E-state index contributed by atoms with van der Waals surface area (Å²) in [5, 5.41) is 9.79. The monoisotopic (exact) mass is 458 g/mol. The van der Waals surface area contributed by atoms with Crippen LogP contribution in [-0.2, 0) is 19.1 Å². The Kier molecular flexibility index (Phi) is 7.98. The molecule has 2 rings (SSSR count). The number of benzene rings is 1. The van der Waals surface area contributed by atoms with Gasteiger partial charge in [-0.3, -0.25) is 4.79 Å². The van der Waals surface area contributed by atoms with E-state index >= 15 is 0 Å². The SMILES string of the molecule is CC(CC(=O)OCC1(CO)C/C(=C\c2ccc(OC(F)(F)F)cc2)C(=O)O1)CC(C)(C)C. The summed E-state index contributed by atoms with van der Waals surface area (Å²) in [6, 6.07) is 4.97. The normalized spacial score (nSPS) is 21.4. The second-order valence-corrected chi connectivity index (χ2v) is 9.43. The van der Waals surface area contributed by atoms with Crippen molar-refractivity contribution in [3.63, 3.8) is 0 Å². The van der Waals surface area contributed by atoms with E-state index in [1.807, 2.05) is 6.92 Å². The predicted molar refractivity (Wildman–Crippen MR) is 110 cm³/mol. The van der Waals surface area contributed by atoms with E-state index in [0.29, 0.717) is 5.56 Å². The number of hydrogen-bond donors (Lipinski definition) is 1. The number of carbonyl (C=O) groups is 2. The van der Waals surface area contributed by atoms with Crippen molar-refractivity contribution in [1.29, 1.82) is 0 Å². The summed E-state index contributed by atoms with van der Waals surface area (Å²) in [5.74, 6) is -1.40. The van der Waals surface area contributed by atoms with Crippen LogP contribution in [-0.4, -0.2) is 42.2 Å². The Morgan fingerprint density at radius 2 is 1.88 bits per heavy atom. The number of aliphatic hydroxyl groups excluding tert-OH is 1. The van der Waals surface area contributed by atoms with Gasteiger partial charge in [0.15, 0.2) is 5.60 Å². The molecule has 0 spiro atoms. The van der Waals surface area contributed by atoms with Crippen molar-refractivity contribution >= 4 is 18.0 Å². The summed E-state index contributed by atoms with van der Waals surface area (Å²) >= 11 is 0. The first-order valence-electron chi connectivity index (χ1n) is 10.3. The van der Waals surface area contributed by atoms with Crippen molar-refractivity contribution in [2.24, 2.45) is 11.3 Å². The Balaban J connectivity index is 1.99. The van der Waals surface area contributed by atoms with E-state index in [1.165, 1.54) is 18.2 Å². The van der Waals surface area contributed by atoms with Crippen molar-refractivity contribution in [1.82, 2.24) is 0 Å². The van der Waals surface area contributed by atoms with Crippen LogP contribution in [0.4, 0.5) is 13.2 Å². The van der Waals surface area contributed by atoms with Crippen LogP contribution in [0.2, 0.25) is 0 Å². The first-order valence-corrected chi connectivity index (χ1v) is 10.3. The van der Waals surface area contributed by atoms with Gasteiger partial charge >= 0.3 is 18.3 Å². The molecule has 1 aliphatic rings. The number of ether oxygens (including phenoxy) is 3. The van der Waals surface area contributed by atoms with Gasteiger partial charge < -0.3 is 19.3 Å². The molecule has 1 N–H and O–H groups in total. The van der Waals surface area contributed by atoms with Crippen molar-refractivity contribution < 1.29 is 42.1 Å². The fourth-order valence-electron chi connectivity index (χ4n) is 3.68. The second-order valence-electron chi connectivity index (χ2n) is 9.43. The smallest absolute Gasteiger partial charge is 0.461 e. The van der Waals surface area contributed by atoms with Crippen LogP contribution in [0.3, 0.4) is 0 Å². The third-order valence-electron chi connectivity index (χ3n) is 4.80. The Morgan fingerprint density at radius 3 is 2.41 bits per heavy atom. The Hall–Kier alpha value is -2.55. The van der Waals surface area contributed by atoms with Crippen LogP contribution in [0.5, 0.6) is 5.75 Å². The zero-order valence-corrected chi connectivity index (χ0v) is 18.6. The minimum atomic E-state index is -4.79. The largest absolute Gasteiger partial charge is 0.573 e. The number of esters is 2. The van der Waals surface area contributed by atoms with Crippen LogP contribution in [0.25, 0.3) is 6.08 Å². The maximum atomic E-state index is 12.3. The summed E-state index contributed by atoms with van der Waals surface area (Å²) in [6.07, 6.45) is -2.31. The molecule has 1 aromatic rings. The average Bonchev–Trinajstić information content (AvgIpc) is 2.95. The van der Waals surface area contributed by atoms with E-state index in [1.54, 1.807) is 0 Å². The third kappa shape index (κ3) is 8.18. The molecule has 178 valence electrons. The van der Waals surface area contributed by atoms with E-state index in [2.05, 4.69) is 25.5 Å². The number of rotatable bonds is 8. The Morgan fingerprint density at radius 1 is 1.25 bits per heavy atom. The lowest BCUT2D eigenvalue weighted by atomic mass is 9.84. The lowest BCUT2D eigenvalue weighted by molar-refractivity contribution is -0.274. The molecule has 0 aliphatic carbocycles. The zero-order valence-electron chi connectivity index (χ0n) is 18.6. The molecule has 0 bridgehead atoms. The lowest BCUT2D eigenvalue weighted by Crippen LogP contribution is -2.39. The highest BCUT2D eigenvalue weighted by atomic mass is 19.4. The van der Waals surface area contributed by atoms with Gasteiger partial charge in [0.25, 0.3) is 0 Å². The Labute approximate surface area is 185 Å². The van der Waals surface area contributed by atoms with Gasteiger partial charge in [-0.1, -0.05) is 39.8 Å². The van der Waals surface area contributed by atoms with E-state index in [4.69, 9.17) is 9.47 Å². The number of hydrogen-bond acceptors (Lipinski definition) is 6. The number of cyclic esters (lactones) is 1. The summed E-state index contributed by atoms with van der Waals surface area (Å²) in [6.45, 7) is 7.37. The summed E-state index contributed by atoms with van der Waals surface area (Å²) < 4.78 is 51.2. The molecule has 1 saturated heterocycles. The molecule has 32 heavy (non-hydrogen) atoms. The third-order valence-corrected chi connectivity index (χ3v) is 4.80. The van der Waals surface area contributed by atoms with Crippen LogP contribution in [0, 0.1) is 11.3 Å². The molecular formula is C23H29F3O6. The number of alkyl halides is 3. The van der Waals surface area contributed by atoms with Gasteiger partial charge in [-0.05, 0) is 41.5 Å². The van der Waals surface area contributed by atoms with Crippen molar-refractivity contribution in [2.45, 2.75) is 58.9 Å². The quantitative estimate of drug-likeness (QED) is 0.451. The van der Waals surface area contributed by atoms with Gasteiger partial charge in [0.2, 0.25) is 0 Å². The highest BCUT2D eigenvalue weighted by Crippen LogP contribution is 2.33. The number of halogens is 3. The van der Waals surface area contributed by atoms with E-state index in [0.717, 1.165) is 18.6 Å². The van der Waals surface area contributed by atoms with Crippen molar-refractivity contribution in [3.8, 4) is 5.75 Å². The van der Waals surface area contributed by atoms with Crippen molar-refractivity contribution in [2.75, 3.05) is 13.2 Å². The van der Waals surface area contributed by atoms with Crippen LogP contribution in [0.1, 0.15) is 52.5 Å². The van der Waals surface area contributed by atoms with Gasteiger partial charge in [0.05, 0.1) is 6.61 Å². The fourth-order valence-corrected chi connectivity index (χ4v) is 3.68. The summed E-state index contributed by atoms with van der Waals surface area (Å²) in [4.78, 5) is 24.5. The van der Waals surface area contributed by atoms with E-state index in [9.17, 15) is 27.9 Å². The highest BCUT2D eigenvalue weighted by molar-refractivity contribution is 5.96. The van der Waals surface area contributed by atoms with E-state index in [-0.39, 0.29) is 42.1 Å². The molecular weight excluding hydrogens is 429 g/mol. The van der Waals surface area contributed by atoms with Gasteiger partial charge in [-0.25, -0.2) is 4.79 Å². The molecule has 0 saturated carbocycles. The highest BCUT2D eigenvalue weighted by Gasteiger charge is 2.44. The van der Waals surface area contributed by atoms with E-state index < -0.39 is 30.5 Å². The first kappa shape index (κ1) is 25.7. The molecule has 1 heterocycles. The molecule has 1 aliphatic heterocycles. The molecule has 6 nitrogen and oxygen atoms in total. The van der Waals surface area contributed by atoms with Crippen LogP contribution < -0.4 is 4.74 Å². The molecule has 0 aromatic heterocycles. The second kappa shape index (κ2) is 9.94. The average molecular weight is 458 g/mol. The number of carbonyl (C=O) groups excluding carboxylic acids is 2. The molecule has 2 atom stereocenters. The molecule has 1 fully saturated rings. The minimum Gasteiger partial charge on any atom is -0.461 e. The van der Waals surface area contributed by atoms with Crippen LogP contribution in [0.15, 0.2) is 29.8 Å². The zero-order chi connectivity index (χ0) is 24.2. The summed E-state index contributed by atoms with van der Waals surface area (Å²) in [7, 11) is 0. The first-order chi connectivity index (χ1) is 14.7. The molecule has 1 aromatic carbocycles. The standard InChI is InChI=1S/C23H29F3O6/c1-15(11-21(2,3)4)9-19(28)30-14-22(13-27)12-17(20(29)32-22)10-16-5-7-18(8-6-16)31-23(24,25)26/h5-8,10,15,27H,9,11-14H2,1-4H3/b17-10+. The fraction of sp³-hybridized carbons (Fsp3) is 0.565. The minimum absolute atomic E-state index is 0.00599. The lowest BCUT2D eigenvalue weighted by Gasteiger charge is -2.25. The van der Waals surface area contributed by atoms with Gasteiger partial charge in [0, 0.05) is 18.4 Å². The topological polar surface area (TPSA) is 82.1 Å². The van der Waals surface area contributed by atoms with Crippen LogP contribution >= 0.6 is 0 Å². The molecule has 0 radical (unpaired) electrons. The maximum absolute atomic E-state index is 12.3. The maximum Gasteiger partial charge on any atom is 0.573 e. The van der Waals surface area contributed by atoms with Crippen molar-refractivity contribution in [3.05, 3.63) is 35.4 Å². The predicted octanol–water partition coefficient (Wildman–Crippen LogP) is 4.65. The Bertz CT molecular complexity index is 839. The molecule has 9 heteroatoms. The molecule has 0 amide bonds. The molecule has 2 unspecified atom stereocenters.